The summed E-state index contributed by atoms with van der Waals surface area (Å²) in [6.45, 7) is 0. The van der Waals surface area contributed by atoms with Crippen molar-refractivity contribution in [2.24, 2.45) is 0 Å². The van der Waals surface area contributed by atoms with E-state index < -0.39 is 5.97 Å². The number of carboxylic acids is 1. The van der Waals surface area contributed by atoms with Crippen LogP contribution in [0.2, 0.25) is 0 Å². The first-order valence-corrected chi connectivity index (χ1v) is 4.88. The van der Waals surface area contributed by atoms with Gasteiger partial charge in [-0.1, -0.05) is 6.07 Å². The SMILES string of the molecule is O=C(O)c1cc(-c2cccs2)ccn1. The van der Waals surface area contributed by atoms with E-state index in [0.29, 0.717) is 0 Å². The van der Waals surface area contributed by atoms with Crippen molar-refractivity contribution in [3.63, 3.8) is 0 Å². The summed E-state index contributed by atoms with van der Waals surface area (Å²) in [5.41, 5.74) is 0.975. The highest BCUT2D eigenvalue weighted by molar-refractivity contribution is 7.13. The quantitative estimate of drug-likeness (QED) is 0.819. The second kappa shape index (κ2) is 3.59. The van der Waals surface area contributed by atoms with Gasteiger partial charge in [0, 0.05) is 11.1 Å². The van der Waals surface area contributed by atoms with Crippen LogP contribution in [0.5, 0.6) is 0 Å². The van der Waals surface area contributed by atoms with Crippen molar-refractivity contribution in [3.05, 3.63) is 41.5 Å². The van der Waals surface area contributed by atoms with Gasteiger partial charge in [0.25, 0.3) is 0 Å². The first-order chi connectivity index (χ1) is 6.77. The van der Waals surface area contributed by atoms with Crippen molar-refractivity contribution in [2.45, 2.75) is 0 Å². The Balaban J connectivity index is 2.46. The Hall–Kier alpha value is -1.68. The molecule has 2 aromatic rings. The van der Waals surface area contributed by atoms with Gasteiger partial charge in [0.15, 0.2) is 0 Å². The number of nitrogens with zero attached hydrogens (tertiary/aromatic N) is 1. The number of thiophene rings is 1. The van der Waals surface area contributed by atoms with Crippen LogP contribution in [0.25, 0.3) is 10.4 Å². The molecular formula is C10H7NO2S. The summed E-state index contributed by atoms with van der Waals surface area (Å²) in [7, 11) is 0. The van der Waals surface area contributed by atoms with Crippen molar-refractivity contribution in [3.8, 4) is 10.4 Å². The van der Waals surface area contributed by atoms with E-state index in [-0.39, 0.29) is 5.69 Å². The maximum atomic E-state index is 10.7. The molecule has 2 heterocycles. The van der Waals surface area contributed by atoms with Crippen molar-refractivity contribution in [2.75, 3.05) is 0 Å². The number of hydrogen-bond donors (Lipinski definition) is 1. The molecule has 0 amide bonds. The molecule has 2 rings (SSSR count). The van der Waals surface area contributed by atoms with Crippen LogP contribution >= 0.6 is 11.3 Å². The molecule has 0 saturated carbocycles. The number of aromatic carboxylic acids is 1. The molecule has 0 bridgehead atoms. The zero-order chi connectivity index (χ0) is 9.97. The monoisotopic (exact) mass is 205 g/mol. The maximum Gasteiger partial charge on any atom is 0.354 e. The molecule has 2 aromatic heterocycles. The summed E-state index contributed by atoms with van der Waals surface area (Å²) in [5.74, 6) is -0.997. The number of aromatic nitrogens is 1. The number of pyridine rings is 1. The van der Waals surface area contributed by atoms with Gasteiger partial charge in [-0.15, -0.1) is 11.3 Å². The Morgan fingerprint density at radius 3 is 2.93 bits per heavy atom. The van der Waals surface area contributed by atoms with Crippen LogP contribution in [0.3, 0.4) is 0 Å². The molecule has 0 aliphatic rings. The van der Waals surface area contributed by atoms with Gasteiger partial charge < -0.3 is 5.11 Å². The Morgan fingerprint density at radius 1 is 1.43 bits per heavy atom. The van der Waals surface area contributed by atoms with Crippen LogP contribution in [0, 0.1) is 0 Å². The standard InChI is InChI=1S/C10H7NO2S/c12-10(13)8-6-7(3-4-11-8)9-2-1-5-14-9/h1-6H,(H,12,13). The molecule has 4 heteroatoms. The molecule has 70 valence electrons. The number of rotatable bonds is 2. The zero-order valence-electron chi connectivity index (χ0n) is 7.18. The van der Waals surface area contributed by atoms with Gasteiger partial charge in [0.2, 0.25) is 0 Å². The highest BCUT2D eigenvalue weighted by Crippen LogP contribution is 2.24. The van der Waals surface area contributed by atoms with Gasteiger partial charge in [-0.3, -0.25) is 0 Å². The molecule has 0 radical (unpaired) electrons. The Labute approximate surface area is 84.7 Å². The van der Waals surface area contributed by atoms with Gasteiger partial charge in [-0.2, -0.15) is 0 Å². The van der Waals surface area contributed by atoms with Crippen molar-refractivity contribution in [1.82, 2.24) is 4.98 Å². The van der Waals surface area contributed by atoms with Gasteiger partial charge in [-0.25, -0.2) is 9.78 Å². The van der Waals surface area contributed by atoms with Crippen LogP contribution in [0.4, 0.5) is 0 Å². The van der Waals surface area contributed by atoms with E-state index in [1.807, 2.05) is 17.5 Å². The van der Waals surface area contributed by atoms with E-state index >= 15 is 0 Å². The summed E-state index contributed by atoms with van der Waals surface area (Å²) in [6.07, 6.45) is 1.51. The van der Waals surface area contributed by atoms with E-state index in [0.717, 1.165) is 10.4 Å². The van der Waals surface area contributed by atoms with Gasteiger partial charge in [-0.05, 0) is 29.1 Å². The van der Waals surface area contributed by atoms with Gasteiger partial charge >= 0.3 is 5.97 Å². The minimum atomic E-state index is -0.997. The predicted molar refractivity (Wildman–Crippen MR) is 54.5 cm³/mol. The lowest BCUT2D eigenvalue weighted by Crippen LogP contribution is -1.99. The molecular weight excluding hydrogens is 198 g/mol. The molecule has 14 heavy (non-hydrogen) atoms. The van der Waals surface area contributed by atoms with Crippen LogP contribution in [-0.2, 0) is 0 Å². The van der Waals surface area contributed by atoms with E-state index in [9.17, 15) is 4.79 Å². The molecule has 0 saturated heterocycles. The molecule has 0 aliphatic carbocycles. The highest BCUT2D eigenvalue weighted by Gasteiger charge is 2.06. The Bertz CT molecular complexity index is 451. The second-order valence-corrected chi connectivity index (χ2v) is 3.66. The lowest BCUT2D eigenvalue weighted by Gasteiger charge is -1.97. The highest BCUT2D eigenvalue weighted by atomic mass is 32.1. The predicted octanol–water partition coefficient (Wildman–Crippen LogP) is 2.51. The molecule has 0 spiro atoms. The van der Waals surface area contributed by atoms with Crippen molar-refractivity contribution >= 4 is 17.3 Å². The van der Waals surface area contributed by atoms with Crippen LogP contribution in [0.1, 0.15) is 10.5 Å². The second-order valence-electron chi connectivity index (χ2n) is 2.71. The largest absolute Gasteiger partial charge is 0.477 e. The summed E-state index contributed by atoms with van der Waals surface area (Å²) in [6, 6.07) is 7.26. The summed E-state index contributed by atoms with van der Waals surface area (Å²) in [4.78, 5) is 15.5. The fourth-order valence-electron chi connectivity index (χ4n) is 1.14. The molecule has 3 nitrogen and oxygen atoms in total. The number of carboxylic acid groups (broad SMARTS) is 1. The maximum absolute atomic E-state index is 10.7. The van der Waals surface area contributed by atoms with Crippen LogP contribution in [0.15, 0.2) is 35.8 Å². The summed E-state index contributed by atoms with van der Waals surface area (Å²) >= 11 is 1.58. The fourth-order valence-corrected chi connectivity index (χ4v) is 1.87. The molecule has 0 fully saturated rings. The molecule has 0 aliphatic heterocycles. The molecule has 0 aromatic carbocycles. The van der Waals surface area contributed by atoms with E-state index in [2.05, 4.69) is 4.98 Å². The van der Waals surface area contributed by atoms with Gasteiger partial charge in [0.1, 0.15) is 5.69 Å². The first kappa shape index (κ1) is 8.90. The number of carbonyl (C=O) groups is 1. The van der Waals surface area contributed by atoms with E-state index in [4.69, 9.17) is 5.11 Å². The third-order valence-electron chi connectivity index (χ3n) is 1.78. The number of hydrogen-bond acceptors (Lipinski definition) is 3. The summed E-state index contributed by atoms with van der Waals surface area (Å²) in [5, 5.41) is 10.7. The van der Waals surface area contributed by atoms with Gasteiger partial charge in [0.05, 0.1) is 0 Å². The third kappa shape index (κ3) is 1.65. The van der Waals surface area contributed by atoms with Crippen molar-refractivity contribution < 1.29 is 9.90 Å². The van der Waals surface area contributed by atoms with Crippen LogP contribution in [-0.4, -0.2) is 16.1 Å². The smallest absolute Gasteiger partial charge is 0.354 e. The normalized spacial score (nSPS) is 10.0. The molecule has 1 N–H and O–H groups in total. The molecule has 0 atom stereocenters. The molecule has 0 unspecified atom stereocenters. The zero-order valence-corrected chi connectivity index (χ0v) is 7.99. The third-order valence-corrected chi connectivity index (χ3v) is 2.70. The topological polar surface area (TPSA) is 50.2 Å². The minimum Gasteiger partial charge on any atom is -0.477 e. The fraction of sp³-hybridized carbons (Fsp3) is 0. The Morgan fingerprint density at radius 2 is 2.29 bits per heavy atom. The van der Waals surface area contributed by atoms with Crippen molar-refractivity contribution in [1.29, 1.82) is 0 Å². The Kier molecular flexibility index (Phi) is 2.28. The van der Waals surface area contributed by atoms with Crippen LogP contribution < -0.4 is 0 Å². The van der Waals surface area contributed by atoms with E-state index in [1.165, 1.54) is 6.20 Å². The summed E-state index contributed by atoms with van der Waals surface area (Å²) < 4.78 is 0. The average Bonchev–Trinajstić information content (AvgIpc) is 2.71. The van der Waals surface area contributed by atoms with E-state index in [1.54, 1.807) is 23.5 Å². The lowest BCUT2D eigenvalue weighted by molar-refractivity contribution is 0.0690. The first-order valence-electron chi connectivity index (χ1n) is 4.00. The lowest BCUT2D eigenvalue weighted by atomic mass is 10.2. The average molecular weight is 205 g/mol. The minimum absolute atomic E-state index is 0.0795.